The minimum atomic E-state index is -2.13. The van der Waals surface area contributed by atoms with Crippen LogP contribution >= 0.6 is 0 Å². The number of carboxylic acids is 1. The number of likely N-dealkylation sites (N-methyl/N-ethyl adjacent to an activating group) is 1. The molecule has 2 aliphatic heterocycles. The van der Waals surface area contributed by atoms with Crippen LogP contribution in [0.1, 0.15) is 47.3 Å². The second-order valence-electron chi connectivity index (χ2n) is 9.40. The molecule has 0 aromatic heterocycles. The van der Waals surface area contributed by atoms with Crippen LogP contribution in [0.15, 0.2) is 18.2 Å². The minimum absolute atomic E-state index is 0.0442. The van der Waals surface area contributed by atoms with Gasteiger partial charge in [-0.25, -0.2) is 4.79 Å². The first-order valence-electron chi connectivity index (χ1n) is 12.5. The highest BCUT2D eigenvalue weighted by Gasteiger charge is 2.53. The highest BCUT2D eigenvalue weighted by molar-refractivity contribution is 5.73. The third-order valence-electron chi connectivity index (χ3n) is 7.87. The van der Waals surface area contributed by atoms with E-state index in [0.29, 0.717) is 18.7 Å². The minimum Gasteiger partial charge on any atom is -0.479 e. The van der Waals surface area contributed by atoms with Gasteiger partial charge in [0.25, 0.3) is 0 Å². The van der Waals surface area contributed by atoms with Crippen LogP contribution in [0.5, 0.6) is 5.75 Å². The Balaban J connectivity index is 1.46. The third-order valence-corrected chi connectivity index (χ3v) is 7.87. The number of aliphatic hydroxyl groups excluding tert-OH is 3. The molecule has 8 nitrogen and oxygen atoms in total. The van der Waals surface area contributed by atoms with E-state index in [0.717, 1.165) is 43.2 Å². The molecule has 0 spiro atoms. The zero-order valence-corrected chi connectivity index (χ0v) is 17.2. The monoisotopic (exact) mass is 436 g/mol. The molecule has 1 aromatic rings. The Morgan fingerprint density at radius 2 is 2.06 bits per heavy atom. The molecule has 2 heterocycles. The maximum Gasteiger partial charge on any atom is 0.335 e. The van der Waals surface area contributed by atoms with Gasteiger partial charge in [0.05, 0.1) is 0 Å². The molecule has 3 fully saturated rings. The molecule has 170 valence electrons. The summed E-state index contributed by atoms with van der Waals surface area (Å²) in [6, 6.07) is 5.45. The van der Waals surface area contributed by atoms with E-state index in [1.165, 1.54) is 0 Å². The molecular formula is C23H31NO7. The van der Waals surface area contributed by atoms with Gasteiger partial charge < -0.3 is 34.8 Å². The predicted molar refractivity (Wildman–Crippen MR) is 110 cm³/mol. The lowest BCUT2D eigenvalue weighted by Crippen LogP contribution is -2.61. The normalized spacial score (nSPS) is 44.2. The average Bonchev–Trinajstić information content (AvgIpc) is 2.78. The van der Waals surface area contributed by atoms with Crippen LogP contribution < -0.4 is 4.74 Å². The molecule has 2 saturated heterocycles. The molecule has 2 bridgehead atoms. The number of carbonyl (C=O) groups is 1. The molecule has 2 aliphatic carbocycles. The summed E-state index contributed by atoms with van der Waals surface area (Å²) < 4.78 is 35.2. The molecule has 5 rings (SSSR count). The Morgan fingerprint density at radius 3 is 2.84 bits per heavy atom. The number of hydrogen-bond donors (Lipinski definition) is 4. The number of carboxylic acid groups (broad SMARTS) is 1. The summed E-state index contributed by atoms with van der Waals surface area (Å²) in [5.74, 6) is -0.873. The van der Waals surface area contributed by atoms with Crippen LogP contribution in [0, 0.1) is 5.92 Å². The fraction of sp³-hybridized carbons (Fsp3) is 0.696. The van der Waals surface area contributed by atoms with E-state index in [1.54, 1.807) is 11.0 Å². The van der Waals surface area contributed by atoms with E-state index >= 15 is 0 Å². The average molecular weight is 437 g/mol. The lowest BCUT2D eigenvalue weighted by molar-refractivity contribution is -0.271. The molecule has 0 amide bonds. The summed E-state index contributed by atoms with van der Waals surface area (Å²) in [6.07, 6.45) is -2.90. The van der Waals surface area contributed by atoms with Crippen LogP contribution in [0.4, 0.5) is 0 Å². The summed E-state index contributed by atoms with van der Waals surface area (Å²) in [6.45, 7) is -1.63. The number of likely N-dealkylation sites (tertiary alicyclic amines) is 1. The van der Waals surface area contributed by atoms with Crippen LogP contribution in [-0.2, 0) is 21.4 Å². The lowest BCUT2D eigenvalue weighted by atomic mass is 9.52. The van der Waals surface area contributed by atoms with E-state index < -0.39 is 43.7 Å². The number of piperidine rings is 1. The number of aliphatic hydroxyl groups is 3. The van der Waals surface area contributed by atoms with Crippen molar-refractivity contribution < 1.29 is 38.8 Å². The molecule has 4 N–H and O–H groups in total. The van der Waals surface area contributed by atoms with E-state index in [4.69, 9.17) is 13.6 Å². The van der Waals surface area contributed by atoms with E-state index in [1.807, 2.05) is 12.1 Å². The Labute approximate surface area is 185 Å². The molecule has 6 unspecified atom stereocenters. The van der Waals surface area contributed by atoms with Crippen LogP contribution in [-0.4, -0.2) is 81.6 Å². The van der Waals surface area contributed by atoms with Gasteiger partial charge in [0.15, 0.2) is 6.10 Å². The van der Waals surface area contributed by atoms with E-state index in [9.17, 15) is 25.2 Å². The molecule has 8 atom stereocenters. The molecule has 1 saturated carbocycles. The van der Waals surface area contributed by atoms with Gasteiger partial charge in [-0.15, -0.1) is 0 Å². The standard InChI is InChI=1S/C23H31NO7/c1-24-9-8-23-7-3-2-4-14(23)16(24)10-12-5-6-13(11-15(12)23)30-22-19(27)17(25)18(26)20(31-22)21(28)29/h5-6,11,14,16-20,22,25-27H,2-4,7-10H2,1H3,(H,28,29)/t14?,16?,17?,18-,19?,20?,22-,23?/m1/s1/i1D3. The van der Waals surface area contributed by atoms with Gasteiger partial charge in [0, 0.05) is 15.6 Å². The van der Waals surface area contributed by atoms with Gasteiger partial charge in [-0.2, -0.15) is 0 Å². The number of hydrogen-bond acceptors (Lipinski definition) is 7. The number of benzene rings is 1. The van der Waals surface area contributed by atoms with Gasteiger partial charge in [-0.05, 0) is 68.4 Å². The van der Waals surface area contributed by atoms with Crippen molar-refractivity contribution in [2.45, 2.75) is 80.7 Å². The smallest absolute Gasteiger partial charge is 0.335 e. The first-order chi connectivity index (χ1) is 16.0. The second kappa shape index (κ2) is 7.71. The first kappa shape index (κ1) is 17.8. The molecule has 8 heteroatoms. The molecule has 31 heavy (non-hydrogen) atoms. The SMILES string of the molecule is [2H]C([2H])([2H])N1CCC23CCCCC2C1Cc1ccc(O[C@@H]2OC(C(=O)O)[C@H](O)C(O)C2O)cc13. The van der Waals surface area contributed by atoms with Gasteiger partial charge >= 0.3 is 5.97 Å². The lowest BCUT2D eigenvalue weighted by Gasteiger charge is -2.58. The predicted octanol–water partition coefficient (Wildman–Crippen LogP) is 0.646. The van der Waals surface area contributed by atoms with Gasteiger partial charge in [0.2, 0.25) is 6.29 Å². The van der Waals surface area contributed by atoms with Crippen molar-refractivity contribution in [2.75, 3.05) is 13.5 Å². The van der Waals surface area contributed by atoms with Crippen molar-refractivity contribution in [1.29, 1.82) is 0 Å². The highest BCUT2D eigenvalue weighted by atomic mass is 16.7. The largest absolute Gasteiger partial charge is 0.479 e. The number of nitrogens with zero attached hydrogens (tertiary/aromatic N) is 1. The summed E-state index contributed by atoms with van der Waals surface area (Å²) in [4.78, 5) is 13.1. The molecular weight excluding hydrogens is 402 g/mol. The Bertz CT molecular complexity index is 959. The highest BCUT2D eigenvalue weighted by Crippen LogP contribution is 2.56. The van der Waals surface area contributed by atoms with Crippen molar-refractivity contribution >= 4 is 5.97 Å². The Kier molecular flexibility index (Phi) is 4.42. The van der Waals surface area contributed by atoms with Crippen molar-refractivity contribution in [3.8, 4) is 5.75 Å². The van der Waals surface area contributed by atoms with Gasteiger partial charge in [-0.3, -0.25) is 0 Å². The number of aliphatic carboxylic acids is 1. The maximum absolute atomic E-state index is 11.4. The van der Waals surface area contributed by atoms with Crippen LogP contribution in [0.25, 0.3) is 0 Å². The quantitative estimate of drug-likeness (QED) is 0.545. The van der Waals surface area contributed by atoms with Crippen molar-refractivity contribution in [3.05, 3.63) is 29.3 Å². The number of rotatable bonds is 3. The topological polar surface area (TPSA) is 120 Å². The van der Waals surface area contributed by atoms with E-state index in [-0.39, 0.29) is 17.4 Å². The second-order valence-corrected chi connectivity index (χ2v) is 9.40. The zero-order chi connectivity index (χ0) is 24.4. The fourth-order valence-corrected chi connectivity index (χ4v) is 6.34. The van der Waals surface area contributed by atoms with Gasteiger partial charge in [0.1, 0.15) is 24.1 Å². The molecule has 0 radical (unpaired) electrons. The first-order valence-corrected chi connectivity index (χ1v) is 11.0. The Morgan fingerprint density at radius 1 is 1.23 bits per heavy atom. The van der Waals surface area contributed by atoms with Gasteiger partial charge in [-0.1, -0.05) is 18.9 Å². The summed E-state index contributed by atoms with van der Waals surface area (Å²) >= 11 is 0. The summed E-state index contributed by atoms with van der Waals surface area (Å²) in [5, 5.41) is 39.6. The molecule has 4 aliphatic rings. The fourth-order valence-electron chi connectivity index (χ4n) is 6.34. The summed E-state index contributed by atoms with van der Waals surface area (Å²) in [5.41, 5.74) is 2.05. The van der Waals surface area contributed by atoms with Crippen molar-refractivity contribution in [3.63, 3.8) is 0 Å². The summed E-state index contributed by atoms with van der Waals surface area (Å²) in [7, 11) is 0. The molecule has 1 aromatic carbocycles. The number of fused-ring (bicyclic) bond motifs is 1. The van der Waals surface area contributed by atoms with E-state index in [2.05, 4.69) is 0 Å². The number of ether oxygens (including phenoxy) is 2. The Hall–Kier alpha value is -1.71. The third kappa shape index (κ3) is 3.27. The van der Waals surface area contributed by atoms with Crippen molar-refractivity contribution in [2.24, 2.45) is 5.92 Å². The van der Waals surface area contributed by atoms with Crippen LogP contribution in [0.2, 0.25) is 0 Å². The zero-order valence-electron chi connectivity index (χ0n) is 20.2. The van der Waals surface area contributed by atoms with Crippen LogP contribution in [0.3, 0.4) is 0 Å². The van der Waals surface area contributed by atoms with Crippen molar-refractivity contribution in [1.82, 2.24) is 4.90 Å². The maximum atomic E-state index is 11.4.